The van der Waals surface area contributed by atoms with Crippen molar-refractivity contribution >= 4 is 40.1 Å². The predicted octanol–water partition coefficient (Wildman–Crippen LogP) is 2.06. The number of amides is 1. The van der Waals surface area contributed by atoms with Gasteiger partial charge in [-0.15, -0.1) is 0 Å². The van der Waals surface area contributed by atoms with E-state index in [0.717, 1.165) is 3.57 Å². The average Bonchev–Trinajstić information content (AvgIpc) is 2.22. The Labute approximate surface area is 107 Å². The Morgan fingerprint density at radius 1 is 1.53 bits per heavy atom. The molecule has 1 rings (SSSR count). The number of aliphatic hydroxyl groups is 1. The number of benzene rings is 1. The number of nitrogens with one attached hydrogen (secondary N) is 1. The predicted molar refractivity (Wildman–Crippen MR) is 68.2 cm³/mol. The third-order valence-electron chi connectivity index (χ3n) is 1.80. The zero-order valence-electron chi connectivity index (χ0n) is 7.96. The molecule has 0 aliphatic rings. The van der Waals surface area contributed by atoms with Crippen LogP contribution in [0.3, 0.4) is 0 Å². The van der Waals surface area contributed by atoms with E-state index in [-0.39, 0.29) is 12.5 Å². The molecule has 0 radical (unpaired) electrons. The van der Waals surface area contributed by atoms with E-state index in [2.05, 4.69) is 27.9 Å². The summed E-state index contributed by atoms with van der Waals surface area (Å²) in [6, 6.07) is 5.16. The fraction of sp³-hybridized carbons (Fsp3) is 0.300. The molecule has 3 nitrogen and oxygen atoms in total. The molecule has 0 saturated carbocycles. The molecular formula is C10H11ClINO2. The van der Waals surface area contributed by atoms with Gasteiger partial charge in [-0.1, -0.05) is 11.6 Å². The molecule has 15 heavy (non-hydrogen) atoms. The Morgan fingerprint density at radius 2 is 2.27 bits per heavy atom. The van der Waals surface area contributed by atoms with Crippen LogP contribution in [0.4, 0.5) is 0 Å². The van der Waals surface area contributed by atoms with Crippen molar-refractivity contribution in [2.24, 2.45) is 0 Å². The first-order valence-electron chi connectivity index (χ1n) is 4.49. The first-order valence-corrected chi connectivity index (χ1v) is 5.95. The second-order valence-electron chi connectivity index (χ2n) is 2.96. The van der Waals surface area contributed by atoms with Gasteiger partial charge in [0, 0.05) is 22.3 Å². The van der Waals surface area contributed by atoms with E-state index in [1.807, 2.05) is 0 Å². The highest BCUT2D eigenvalue weighted by atomic mass is 127. The fourth-order valence-electron chi connectivity index (χ4n) is 1.02. The molecule has 0 unspecified atom stereocenters. The minimum atomic E-state index is -0.165. The lowest BCUT2D eigenvalue weighted by atomic mass is 10.2. The van der Waals surface area contributed by atoms with Crippen molar-refractivity contribution in [3.8, 4) is 0 Å². The fourth-order valence-corrected chi connectivity index (χ4v) is 1.54. The number of hydrogen-bond acceptors (Lipinski definition) is 2. The van der Waals surface area contributed by atoms with Gasteiger partial charge in [0.25, 0.3) is 5.91 Å². The van der Waals surface area contributed by atoms with E-state index in [1.165, 1.54) is 0 Å². The normalized spacial score (nSPS) is 10.1. The summed E-state index contributed by atoms with van der Waals surface area (Å²) in [7, 11) is 0. The van der Waals surface area contributed by atoms with Crippen LogP contribution in [0.15, 0.2) is 18.2 Å². The van der Waals surface area contributed by atoms with Gasteiger partial charge in [0.15, 0.2) is 0 Å². The molecule has 5 heteroatoms. The summed E-state index contributed by atoms with van der Waals surface area (Å²) in [5.41, 5.74) is 0.540. The average molecular weight is 340 g/mol. The number of rotatable bonds is 4. The van der Waals surface area contributed by atoms with Crippen molar-refractivity contribution in [1.82, 2.24) is 5.32 Å². The number of halogens is 2. The largest absolute Gasteiger partial charge is 0.396 e. The Balaban J connectivity index is 2.62. The van der Waals surface area contributed by atoms with Crippen LogP contribution < -0.4 is 5.32 Å². The summed E-state index contributed by atoms with van der Waals surface area (Å²) < 4.78 is 0.918. The van der Waals surface area contributed by atoms with Crippen LogP contribution in [0.2, 0.25) is 5.02 Å². The first-order chi connectivity index (χ1) is 7.15. The summed E-state index contributed by atoms with van der Waals surface area (Å²) in [5, 5.41) is 11.8. The second-order valence-corrected chi connectivity index (χ2v) is 4.53. The number of hydrogen-bond donors (Lipinski definition) is 2. The van der Waals surface area contributed by atoms with Gasteiger partial charge in [-0.25, -0.2) is 0 Å². The number of carbonyl (C=O) groups excluding carboxylic acids is 1. The Morgan fingerprint density at radius 3 is 2.87 bits per heavy atom. The maximum absolute atomic E-state index is 11.5. The minimum absolute atomic E-state index is 0.0771. The Hall–Kier alpha value is -0.330. The molecule has 1 amide bonds. The SMILES string of the molecule is O=C(NCCCO)c1ccc(I)c(Cl)c1. The molecule has 0 saturated heterocycles. The topological polar surface area (TPSA) is 49.3 Å². The summed E-state index contributed by atoms with van der Waals surface area (Å²) in [6.45, 7) is 0.548. The van der Waals surface area contributed by atoms with Crippen molar-refractivity contribution < 1.29 is 9.90 Å². The van der Waals surface area contributed by atoms with Crippen molar-refractivity contribution in [1.29, 1.82) is 0 Å². The lowest BCUT2D eigenvalue weighted by Gasteiger charge is -2.04. The molecule has 82 valence electrons. The zero-order chi connectivity index (χ0) is 11.3. The van der Waals surface area contributed by atoms with Gasteiger partial charge in [0.2, 0.25) is 0 Å². The smallest absolute Gasteiger partial charge is 0.251 e. The Bertz CT molecular complexity index is 357. The third kappa shape index (κ3) is 3.96. The van der Waals surface area contributed by atoms with E-state index in [9.17, 15) is 4.79 Å². The molecule has 0 fully saturated rings. The maximum atomic E-state index is 11.5. The van der Waals surface area contributed by atoms with E-state index < -0.39 is 0 Å². The van der Waals surface area contributed by atoms with Gasteiger partial charge in [0.1, 0.15) is 0 Å². The van der Waals surface area contributed by atoms with Gasteiger partial charge in [0.05, 0.1) is 5.02 Å². The Kier molecular flexibility index (Phi) is 5.35. The van der Waals surface area contributed by atoms with Crippen molar-refractivity contribution in [3.05, 3.63) is 32.4 Å². The summed E-state index contributed by atoms with van der Waals surface area (Å²) in [6.07, 6.45) is 0.559. The van der Waals surface area contributed by atoms with E-state index in [1.54, 1.807) is 18.2 Å². The summed E-state index contributed by atoms with van der Waals surface area (Å²) in [5.74, 6) is -0.165. The molecule has 0 heterocycles. The minimum Gasteiger partial charge on any atom is -0.396 e. The third-order valence-corrected chi connectivity index (χ3v) is 3.37. The molecule has 1 aromatic rings. The number of carbonyl (C=O) groups is 1. The standard InChI is InChI=1S/C10H11ClINO2/c11-8-6-7(2-3-9(8)12)10(15)13-4-1-5-14/h2-3,6,14H,1,4-5H2,(H,13,15). The van der Waals surface area contributed by atoms with Crippen LogP contribution in [-0.2, 0) is 0 Å². The quantitative estimate of drug-likeness (QED) is 0.652. The highest BCUT2D eigenvalue weighted by Crippen LogP contribution is 2.19. The van der Waals surface area contributed by atoms with E-state index in [0.29, 0.717) is 23.6 Å². The molecule has 0 spiro atoms. The lowest BCUT2D eigenvalue weighted by Crippen LogP contribution is -2.24. The highest BCUT2D eigenvalue weighted by molar-refractivity contribution is 14.1. The van der Waals surface area contributed by atoms with Crippen molar-refractivity contribution in [2.75, 3.05) is 13.2 Å². The van der Waals surface area contributed by atoms with Crippen LogP contribution in [0.5, 0.6) is 0 Å². The van der Waals surface area contributed by atoms with Crippen LogP contribution in [0.25, 0.3) is 0 Å². The van der Waals surface area contributed by atoms with Crippen LogP contribution in [0, 0.1) is 3.57 Å². The monoisotopic (exact) mass is 339 g/mol. The molecule has 0 aliphatic carbocycles. The number of aliphatic hydroxyl groups excluding tert-OH is 1. The van der Waals surface area contributed by atoms with Gasteiger partial charge < -0.3 is 10.4 Å². The maximum Gasteiger partial charge on any atom is 0.251 e. The first kappa shape index (κ1) is 12.7. The molecular weight excluding hydrogens is 328 g/mol. The summed E-state index contributed by atoms with van der Waals surface area (Å²) >= 11 is 7.99. The zero-order valence-corrected chi connectivity index (χ0v) is 10.9. The molecule has 0 aromatic heterocycles. The molecule has 0 aliphatic heterocycles. The summed E-state index contributed by atoms with van der Waals surface area (Å²) in [4.78, 5) is 11.5. The van der Waals surface area contributed by atoms with Gasteiger partial charge in [-0.2, -0.15) is 0 Å². The van der Waals surface area contributed by atoms with Gasteiger partial charge in [-0.05, 0) is 47.2 Å². The van der Waals surface area contributed by atoms with Gasteiger partial charge >= 0.3 is 0 Å². The molecule has 0 atom stereocenters. The molecule has 1 aromatic carbocycles. The molecule has 0 bridgehead atoms. The second kappa shape index (κ2) is 6.30. The van der Waals surface area contributed by atoms with E-state index in [4.69, 9.17) is 16.7 Å². The van der Waals surface area contributed by atoms with Gasteiger partial charge in [-0.3, -0.25) is 4.79 Å². The highest BCUT2D eigenvalue weighted by Gasteiger charge is 2.06. The lowest BCUT2D eigenvalue weighted by molar-refractivity contribution is 0.0951. The van der Waals surface area contributed by atoms with Crippen molar-refractivity contribution in [3.63, 3.8) is 0 Å². The van der Waals surface area contributed by atoms with E-state index >= 15 is 0 Å². The van der Waals surface area contributed by atoms with Crippen LogP contribution >= 0.6 is 34.2 Å². The van der Waals surface area contributed by atoms with Crippen LogP contribution in [-0.4, -0.2) is 24.2 Å². The van der Waals surface area contributed by atoms with Crippen LogP contribution in [0.1, 0.15) is 16.8 Å². The molecule has 2 N–H and O–H groups in total. The van der Waals surface area contributed by atoms with Crippen molar-refractivity contribution in [2.45, 2.75) is 6.42 Å².